The molecule has 98 valence electrons. The van der Waals surface area contributed by atoms with Gasteiger partial charge >= 0.3 is 0 Å². The molecule has 1 aromatic rings. The molecule has 2 heterocycles. The van der Waals surface area contributed by atoms with Crippen molar-refractivity contribution in [3.8, 4) is 0 Å². The average molecular weight is 267 g/mol. The van der Waals surface area contributed by atoms with Gasteiger partial charge in [-0.1, -0.05) is 12.8 Å². The predicted molar refractivity (Wildman–Crippen MR) is 73.1 cm³/mol. The van der Waals surface area contributed by atoms with E-state index in [1.54, 1.807) is 0 Å². The first-order valence-electron chi connectivity index (χ1n) is 6.74. The summed E-state index contributed by atoms with van der Waals surface area (Å²) in [5.74, 6) is 1.03. The van der Waals surface area contributed by atoms with Gasteiger partial charge in [-0.05, 0) is 24.4 Å². The van der Waals surface area contributed by atoms with Gasteiger partial charge in [0.25, 0.3) is 0 Å². The van der Waals surface area contributed by atoms with Gasteiger partial charge in [0.1, 0.15) is 5.82 Å². The van der Waals surface area contributed by atoms with Crippen LogP contribution in [0.15, 0.2) is 0 Å². The highest BCUT2D eigenvalue weighted by Crippen LogP contribution is 2.30. The maximum atomic E-state index is 6.06. The van der Waals surface area contributed by atoms with Gasteiger partial charge < -0.3 is 10.2 Å². The maximum Gasteiger partial charge on any atom is 0.224 e. The van der Waals surface area contributed by atoms with Crippen molar-refractivity contribution in [3.63, 3.8) is 0 Å². The minimum absolute atomic E-state index is 0.385. The van der Waals surface area contributed by atoms with E-state index in [9.17, 15) is 0 Å². The molecule has 0 atom stereocenters. The SMILES string of the molecule is CN(c1nc(Cl)nc2c1CNCC2)C1CCCC1. The Bertz CT molecular complexity index is 443. The highest BCUT2D eigenvalue weighted by molar-refractivity contribution is 6.28. The molecule has 4 nitrogen and oxygen atoms in total. The summed E-state index contributed by atoms with van der Waals surface area (Å²) in [5, 5.41) is 3.78. The Morgan fingerprint density at radius 1 is 1.28 bits per heavy atom. The highest BCUT2D eigenvalue weighted by atomic mass is 35.5. The molecule has 1 aliphatic carbocycles. The van der Waals surface area contributed by atoms with Gasteiger partial charge in [0.2, 0.25) is 5.28 Å². The van der Waals surface area contributed by atoms with Crippen LogP contribution in [0.3, 0.4) is 0 Å². The molecule has 0 amide bonds. The molecule has 0 aromatic carbocycles. The number of nitrogens with zero attached hydrogens (tertiary/aromatic N) is 3. The van der Waals surface area contributed by atoms with Gasteiger partial charge in [-0.25, -0.2) is 9.97 Å². The Morgan fingerprint density at radius 2 is 2.06 bits per heavy atom. The minimum atomic E-state index is 0.385. The van der Waals surface area contributed by atoms with E-state index in [4.69, 9.17) is 11.6 Å². The molecule has 1 N–H and O–H groups in total. The summed E-state index contributed by atoms with van der Waals surface area (Å²) in [4.78, 5) is 11.2. The van der Waals surface area contributed by atoms with Crippen LogP contribution in [-0.4, -0.2) is 29.6 Å². The first kappa shape index (κ1) is 12.2. The van der Waals surface area contributed by atoms with E-state index in [1.807, 2.05) is 0 Å². The lowest BCUT2D eigenvalue weighted by Gasteiger charge is -2.29. The summed E-state index contributed by atoms with van der Waals surface area (Å²) in [5.41, 5.74) is 2.36. The fourth-order valence-electron chi connectivity index (χ4n) is 3.05. The van der Waals surface area contributed by atoms with E-state index in [0.717, 1.165) is 31.0 Å². The van der Waals surface area contributed by atoms with Crippen LogP contribution in [0.1, 0.15) is 36.9 Å². The number of aromatic nitrogens is 2. The number of hydrogen-bond acceptors (Lipinski definition) is 4. The van der Waals surface area contributed by atoms with E-state index in [-0.39, 0.29) is 0 Å². The Kier molecular flexibility index (Phi) is 3.39. The van der Waals surface area contributed by atoms with Crippen molar-refractivity contribution < 1.29 is 0 Å². The lowest BCUT2D eigenvalue weighted by Crippen LogP contribution is -2.34. The van der Waals surface area contributed by atoms with Gasteiger partial charge in [0, 0.05) is 38.2 Å². The third kappa shape index (κ3) is 2.19. The zero-order valence-electron chi connectivity index (χ0n) is 10.7. The molecule has 1 aromatic heterocycles. The molecule has 0 radical (unpaired) electrons. The highest BCUT2D eigenvalue weighted by Gasteiger charge is 2.25. The van der Waals surface area contributed by atoms with Crippen LogP contribution in [0, 0.1) is 0 Å². The molecule has 1 saturated carbocycles. The molecule has 1 fully saturated rings. The van der Waals surface area contributed by atoms with E-state index >= 15 is 0 Å². The topological polar surface area (TPSA) is 41.1 Å². The Hall–Kier alpha value is -0.870. The molecular formula is C13H19ClN4. The summed E-state index contributed by atoms with van der Waals surface area (Å²) in [6.45, 7) is 1.84. The predicted octanol–water partition coefficient (Wildman–Crippen LogP) is 2.15. The van der Waals surface area contributed by atoms with Crippen molar-refractivity contribution in [3.05, 3.63) is 16.5 Å². The molecule has 0 saturated heterocycles. The van der Waals surface area contributed by atoms with Crippen molar-refractivity contribution in [1.29, 1.82) is 0 Å². The summed E-state index contributed by atoms with van der Waals surface area (Å²) in [6, 6.07) is 0.613. The van der Waals surface area contributed by atoms with Gasteiger partial charge in [-0.2, -0.15) is 0 Å². The third-order valence-corrected chi connectivity index (χ3v) is 4.26. The number of fused-ring (bicyclic) bond motifs is 1. The average Bonchev–Trinajstić information content (AvgIpc) is 2.90. The van der Waals surface area contributed by atoms with Crippen LogP contribution < -0.4 is 10.2 Å². The number of rotatable bonds is 2. The van der Waals surface area contributed by atoms with E-state index in [0.29, 0.717) is 11.3 Å². The van der Waals surface area contributed by atoms with E-state index in [1.165, 1.54) is 31.2 Å². The molecule has 0 bridgehead atoms. The van der Waals surface area contributed by atoms with Crippen molar-refractivity contribution in [2.75, 3.05) is 18.5 Å². The Balaban J connectivity index is 1.96. The van der Waals surface area contributed by atoms with Crippen molar-refractivity contribution >= 4 is 17.4 Å². The van der Waals surface area contributed by atoms with E-state index < -0.39 is 0 Å². The molecule has 3 rings (SSSR count). The normalized spacial score (nSPS) is 19.9. The second-order valence-corrected chi connectivity index (χ2v) is 5.56. The largest absolute Gasteiger partial charge is 0.356 e. The fraction of sp³-hybridized carbons (Fsp3) is 0.692. The fourth-order valence-corrected chi connectivity index (χ4v) is 3.23. The first-order valence-corrected chi connectivity index (χ1v) is 7.12. The molecule has 18 heavy (non-hydrogen) atoms. The number of anilines is 1. The van der Waals surface area contributed by atoms with Crippen LogP contribution in [0.4, 0.5) is 5.82 Å². The summed E-state index contributed by atoms with van der Waals surface area (Å²) in [6.07, 6.45) is 6.13. The molecule has 1 aliphatic heterocycles. The van der Waals surface area contributed by atoms with Crippen LogP contribution in [0.25, 0.3) is 0 Å². The lowest BCUT2D eigenvalue weighted by atomic mass is 10.1. The standard InChI is InChI=1S/C13H19ClN4/c1-18(9-4-2-3-5-9)12-10-8-15-7-6-11(10)16-13(14)17-12/h9,15H,2-8H2,1H3. The van der Waals surface area contributed by atoms with Gasteiger partial charge in [-0.15, -0.1) is 0 Å². The van der Waals surface area contributed by atoms with Crippen LogP contribution in [-0.2, 0) is 13.0 Å². The van der Waals surface area contributed by atoms with Crippen molar-refractivity contribution in [2.45, 2.75) is 44.7 Å². The van der Waals surface area contributed by atoms with Gasteiger partial charge in [0.05, 0.1) is 5.69 Å². The van der Waals surface area contributed by atoms with Crippen LogP contribution in [0.2, 0.25) is 5.28 Å². The van der Waals surface area contributed by atoms with Crippen LogP contribution >= 0.6 is 11.6 Å². The quantitative estimate of drug-likeness (QED) is 0.833. The summed E-state index contributed by atoms with van der Waals surface area (Å²) >= 11 is 6.06. The van der Waals surface area contributed by atoms with Crippen molar-refractivity contribution in [1.82, 2.24) is 15.3 Å². The van der Waals surface area contributed by atoms with Gasteiger partial charge in [-0.3, -0.25) is 0 Å². The number of nitrogens with one attached hydrogen (secondary N) is 1. The molecule has 2 aliphatic rings. The smallest absolute Gasteiger partial charge is 0.224 e. The molecule has 0 unspecified atom stereocenters. The lowest BCUT2D eigenvalue weighted by molar-refractivity contribution is 0.603. The number of halogens is 1. The summed E-state index contributed by atoms with van der Waals surface area (Å²) in [7, 11) is 2.14. The van der Waals surface area contributed by atoms with Crippen LogP contribution in [0.5, 0.6) is 0 Å². The summed E-state index contributed by atoms with van der Waals surface area (Å²) < 4.78 is 0. The molecule has 5 heteroatoms. The zero-order chi connectivity index (χ0) is 12.5. The first-order chi connectivity index (χ1) is 8.75. The zero-order valence-corrected chi connectivity index (χ0v) is 11.5. The number of hydrogen-bond donors (Lipinski definition) is 1. The monoisotopic (exact) mass is 266 g/mol. The Labute approximate surface area is 113 Å². The maximum absolute atomic E-state index is 6.06. The second-order valence-electron chi connectivity index (χ2n) is 5.22. The van der Waals surface area contributed by atoms with Gasteiger partial charge in [0.15, 0.2) is 0 Å². The Morgan fingerprint density at radius 3 is 2.83 bits per heavy atom. The van der Waals surface area contributed by atoms with Crippen molar-refractivity contribution in [2.24, 2.45) is 0 Å². The molecular weight excluding hydrogens is 248 g/mol. The van der Waals surface area contributed by atoms with E-state index in [2.05, 4.69) is 27.2 Å². The second kappa shape index (κ2) is 5.02. The third-order valence-electron chi connectivity index (χ3n) is 4.09. The minimum Gasteiger partial charge on any atom is -0.356 e. The molecule has 0 spiro atoms.